The molecule has 0 aromatic heterocycles. The van der Waals surface area contributed by atoms with Gasteiger partial charge < -0.3 is 10.4 Å². The molecule has 16 heavy (non-hydrogen) atoms. The van der Waals surface area contributed by atoms with Gasteiger partial charge in [0.05, 0.1) is 0 Å². The monoisotopic (exact) mass is 227 g/mol. The van der Waals surface area contributed by atoms with Gasteiger partial charge in [0, 0.05) is 12.6 Å². The Kier molecular flexibility index (Phi) is 6.37. The minimum Gasteiger partial charge on any atom is -0.396 e. The van der Waals surface area contributed by atoms with Crippen molar-refractivity contribution in [2.75, 3.05) is 13.2 Å². The first kappa shape index (κ1) is 14.0. The highest BCUT2D eigenvalue weighted by atomic mass is 16.3. The Bertz CT molecular complexity index is 182. The van der Waals surface area contributed by atoms with E-state index in [9.17, 15) is 0 Å². The topological polar surface area (TPSA) is 32.3 Å². The van der Waals surface area contributed by atoms with Crippen LogP contribution in [0.15, 0.2) is 0 Å². The third kappa shape index (κ3) is 4.84. The molecule has 0 aromatic rings. The molecule has 0 amide bonds. The van der Waals surface area contributed by atoms with Crippen LogP contribution in [0.3, 0.4) is 0 Å². The number of hydrogen-bond donors (Lipinski definition) is 2. The zero-order chi connectivity index (χ0) is 12.0. The first-order valence-electron chi connectivity index (χ1n) is 6.97. The molecule has 2 heteroatoms. The van der Waals surface area contributed by atoms with Gasteiger partial charge in [-0.05, 0) is 50.0 Å². The van der Waals surface area contributed by atoms with Crippen LogP contribution in [-0.4, -0.2) is 24.3 Å². The second kappa shape index (κ2) is 7.29. The van der Waals surface area contributed by atoms with Crippen molar-refractivity contribution in [2.24, 2.45) is 17.8 Å². The lowest BCUT2D eigenvalue weighted by Gasteiger charge is -2.23. The first-order valence-corrected chi connectivity index (χ1v) is 6.97. The standard InChI is InChI=1S/C14H29NO/c1-11(2)9-13(7-8-16)10-15-14-6-4-5-12(14)3/h11-16H,4-10H2,1-3H3. The molecule has 0 aromatic carbocycles. The Hall–Kier alpha value is -0.0800. The Balaban J connectivity index is 2.25. The maximum Gasteiger partial charge on any atom is 0.0434 e. The fourth-order valence-corrected chi connectivity index (χ4v) is 2.92. The Labute approximate surface area is 101 Å². The van der Waals surface area contributed by atoms with E-state index in [1.165, 1.54) is 25.7 Å². The molecule has 3 atom stereocenters. The van der Waals surface area contributed by atoms with Crippen molar-refractivity contribution >= 4 is 0 Å². The smallest absolute Gasteiger partial charge is 0.0434 e. The van der Waals surface area contributed by atoms with Gasteiger partial charge >= 0.3 is 0 Å². The lowest BCUT2D eigenvalue weighted by atomic mass is 9.93. The van der Waals surface area contributed by atoms with Gasteiger partial charge in [-0.2, -0.15) is 0 Å². The normalized spacial score (nSPS) is 27.6. The number of aliphatic hydroxyl groups excluding tert-OH is 1. The van der Waals surface area contributed by atoms with Crippen LogP contribution in [0.1, 0.15) is 52.9 Å². The Morgan fingerprint density at radius 1 is 1.31 bits per heavy atom. The van der Waals surface area contributed by atoms with Gasteiger partial charge in [-0.3, -0.25) is 0 Å². The summed E-state index contributed by atoms with van der Waals surface area (Å²) in [5.74, 6) is 2.23. The molecule has 0 aliphatic heterocycles. The highest BCUT2D eigenvalue weighted by Crippen LogP contribution is 2.25. The summed E-state index contributed by atoms with van der Waals surface area (Å²) in [4.78, 5) is 0. The van der Waals surface area contributed by atoms with Crippen LogP contribution >= 0.6 is 0 Å². The summed E-state index contributed by atoms with van der Waals surface area (Å²) in [6, 6.07) is 0.730. The second-order valence-corrected chi connectivity index (χ2v) is 5.93. The molecule has 1 aliphatic rings. The zero-order valence-electron chi connectivity index (χ0n) is 11.2. The molecule has 1 saturated carbocycles. The number of aliphatic hydroxyl groups is 1. The van der Waals surface area contributed by atoms with Crippen molar-refractivity contribution in [1.29, 1.82) is 0 Å². The van der Waals surface area contributed by atoms with Crippen molar-refractivity contribution in [3.8, 4) is 0 Å². The Morgan fingerprint density at radius 3 is 2.56 bits per heavy atom. The summed E-state index contributed by atoms with van der Waals surface area (Å²) >= 11 is 0. The summed E-state index contributed by atoms with van der Waals surface area (Å²) in [6.07, 6.45) is 6.29. The second-order valence-electron chi connectivity index (χ2n) is 5.93. The molecule has 2 N–H and O–H groups in total. The fraction of sp³-hybridized carbons (Fsp3) is 1.00. The van der Waals surface area contributed by atoms with Gasteiger partial charge in [-0.1, -0.05) is 27.2 Å². The van der Waals surface area contributed by atoms with Gasteiger partial charge in [0.1, 0.15) is 0 Å². The first-order chi connectivity index (χ1) is 7.63. The molecule has 3 unspecified atom stereocenters. The zero-order valence-corrected chi connectivity index (χ0v) is 11.2. The minimum absolute atomic E-state index is 0.333. The molecule has 1 fully saturated rings. The third-order valence-electron chi connectivity index (χ3n) is 3.87. The van der Waals surface area contributed by atoms with E-state index < -0.39 is 0 Å². The lowest BCUT2D eigenvalue weighted by molar-refractivity contribution is 0.233. The molecule has 0 radical (unpaired) electrons. The van der Waals surface area contributed by atoms with Gasteiger partial charge in [0.15, 0.2) is 0 Å². The lowest BCUT2D eigenvalue weighted by Crippen LogP contribution is -2.35. The van der Waals surface area contributed by atoms with Crippen molar-refractivity contribution in [2.45, 2.75) is 58.9 Å². The van der Waals surface area contributed by atoms with E-state index in [1.807, 2.05) is 0 Å². The van der Waals surface area contributed by atoms with Crippen LogP contribution in [0.4, 0.5) is 0 Å². The molecule has 1 aliphatic carbocycles. The van der Waals surface area contributed by atoms with Gasteiger partial charge in [0.25, 0.3) is 0 Å². The minimum atomic E-state index is 0.333. The highest BCUT2D eigenvalue weighted by molar-refractivity contribution is 4.81. The molecule has 0 heterocycles. The molecule has 96 valence electrons. The van der Waals surface area contributed by atoms with Crippen LogP contribution in [0.25, 0.3) is 0 Å². The van der Waals surface area contributed by atoms with Crippen LogP contribution in [0.2, 0.25) is 0 Å². The summed E-state index contributed by atoms with van der Waals surface area (Å²) in [6.45, 7) is 8.31. The highest BCUT2D eigenvalue weighted by Gasteiger charge is 2.23. The van der Waals surface area contributed by atoms with E-state index >= 15 is 0 Å². The molecule has 1 rings (SSSR count). The third-order valence-corrected chi connectivity index (χ3v) is 3.87. The van der Waals surface area contributed by atoms with E-state index in [0.717, 1.165) is 30.8 Å². The number of nitrogens with one attached hydrogen (secondary N) is 1. The molecule has 0 bridgehead atoms. The molecular formula is C14H29NO. The summed E-state index contributed by atoms with van der Waals surface area (Å²) < 4.78 is 0. The quantitative estimate of drug-likeness (QED) is 0.701. The molecular weight excluding hydrogens is 198 g/mol. The van der Waals surface area contributed by atoms with Crippen LogP contribution in [-0.2, 0) is 0 Å². The average Bonchev–Trinajstić information content (AvgIpc) is 2.60. The van der Waals surface area contributed by atoms with Crippen molar-refractivity contribution in [3.05, 3.63) is 0 Å². The van der Waals surface area contributed by atoms with Crippen molar-refractivity contribution < 1.29 is 5.11 Å². The molecule has 0 spiro atoms. The largest absolute Gasteiger partial charge is 0.396 e. The van der Waals surface area contributed by atoms with E-state index in [1.54, 1.807) is 0 Å². The van der Waals surface area contributed by atoms with Crippen LogP contribution in [0, 0.1) is 17.8 Å². The predicted molar refractivity (Wildman–Crippen MR) is 69.5 cm³/mol. The van der Waals surface area contributed by atoms with Crippen LogP contribution < -0.4 is 5.32 Å². The SMILES string of the molecule is CC(C)CC(CCO)CNC1CCCC1C. The number of rotatable bonds is 7. The van der Waals surface area contributed by atoms with Crippen molar-refractivity contribution in [1.82, 2.24) is 5.32 Å². The molecule has 2 nitrogen and oxygen atoms in total. The van der Waals surface area contributed by atoms with E-state index in [0.29, 0.717) is 12.5 Å². The summed E-state index contributed by atoms with van der Waals surface area (Å²) in [5.41, 5.74) is 0. The maximum absolute atomic E-state index is 9.07. The van der Waals surface area contributed by atoms with Crippen molar-refractivity contribution in [3.63, 3.8) is 0 Å². The summed E-state index contributed by atoms with van der Waals surface area (Å²) in [7, 11) is 0. The van der Waals surface area contributed by atoms with E-state index in [2.05, 4.69) is 26.1 Å². The maximum atomic E-state index is 9.07. The predicted octanol–water partition coefficient (Wildman–Crippen LogP) is 2.81. The van der Waals surface area contributed by atoms with E-state index in [4.69, 9.17) is 5.11 Å². The molecule has 0 saturated heterocycles. The Morgan fingerprint density at radius 2 is 2.06 bits per heavy atom. The fourth-order valence-electron chi connectivity index (χ4n) is 2.92. The van der Waals surface area contributed by atoms with Gasteiger partial charge in [-0.15, -0.1) is 0 Å². The number of hydrogen-bond acceptors (Lipinski definition) is 2. The van der Waals surface area contributed by atoms with Gasteiger partial charge in [0.2, 0.25) is 0 Å². The van der Waals surface area contributed by atoms with Gasteiger partial charge in [-0.25, -0.2) is 0 Å². The van der Waals surface area contributed by atoms with Crippen LogP contribution in [0.5, 0.6) is 0 Å². The van der Waals surface area contributed by atoms with E-state index in [-0.39, 0.29) is 0 Å². The summed E-state index contributed by atoms with van der Waals surface area (Å²) in [5, 5.41) is 12.8. The average molecular weight is 227 g/mol.